The molecule has 0 aliphatic rings. The van der Waals surface area contributed by atoms with Crippen molar-refractivity contribution in [2.75, 3.05) is 0 Å². The Morgan fingerprint density at radius 2 is 1.55 bits per heavy atom. The highest BCUT2D eigenvalue weighted by Gasteiger charge is 2.12. The van der Waals surface area contributed by atoms with Gasteiger partial charge in [0.25, 0.3) is 0 Å². The van der Waals surface area contributed by atoms with Crippen molar-refractivity contribution in [3.63, 3.8) is 0 Å². The Bertz CT molecular complexity index is 272. The van der Waals surface area contributed by atoms with E-state index in [0.29, 0.717) is 0 Å². The van der Waals surface area contributed by atoms with Crippen molar-refractivity contribution >= 4 is 34.8 Å². The number of phenolic OH excluding ortho intramolecular Hbond substituents is 2. The molecule has 1 radical (unpaired) electrons. The van der Waals surface area contributed by atoms with E-state index < -0.39 is 11.5 Å². The number of phenols is 2. The average molecular weight is 212 g/mol. The normalized spacial score (nSPS) is 10.1. The third-order valence-electron chi connectivity index (χ3n) is 1.05. The van der Waals surface area contributed by atoms with Gasteiger partial charge in [-0.25, -0.2) is 0 Å². The first-order valence-corrected chi connectivity index (χ1v) is 3.65. The first kappa shape index (κ1) is 8.78. The number of benzene rings is 1. The molecule has 0 atom stereocenters. The quantitative estimate of drug-likeness (QED) is 0.513. The van der Waals surface area contributed by atoms with Gasteiger partial charge in [-0.05, 0) is 0 Å². The Morgan fingerprint density at radius 1 is 1.00 bits per heavy atom. The number of hydrogen-bond acceptors (Lipinski definition) is 2. The van der Waals surface area contributed by atoms with Crippen LogP contribution in [0.15, 0.2) is 0 Å². The van der Waals surface area contributed by atoms with Crippen molar-refractivity contribution in [1.82, 2.24) is 0 Å². The molecule has 1 aromatic rings. The fraction of sp³-hybridized carbons (Fsp3) is 0. The number of hydrogen-bond donors (Lipinski definition) is 2. The smallest absolute Gasteiger partial charge is 0.178 e. The van der Waals surface area contributed by atoms with E-state index in [2.05, 4.69) is 6.07 Å². The third kappa shape index (κ3) is 1.48. The van der Waals surface area contributed by atoms with Gasteiger partial charge in [0.1, 0.15) is 5.02 Å². The molecule has 0 bridgehead atoms. The Hall–Kier alpha value is -0.310. The van der Waals surface area contributed by atoms with Crippen LogP contribution < -0.4 is 0 Å². The molecule has 1 rings (SSSR count). The zero-order chi connectivity index (χ0) is 8.59. The standard InChI is InChI=1S/C6H2Cl3O2/c7-2-1-3(10)6(11)5(9)4(2)8/h10-11H. The van der Waals surface area contributed by atoms with E-state index in [4.69, 9.17) is 45.0 Å². The molecule has 0 heterocycles. The number of aromatic hydroxyl groups is 2. The van der Waals surface area contributed by atoms with Crippen molar-refractivity contribution in [3.05, 3.63) is 21.1 Å². The summed E-state index contributed by atoms with van der Waals surface area (Å²) < 4.78 is 0. The minimum atomic E-state index is -0.513. The van der Waals surface area contributed by atoms with E-state index >= 15 is 0 Å². The lowest BCUT2D eigenvalue weighted by Crippen LogP contribution is -1.75. The van der Waals surface area contributed by atoms with Crippen molar-refractivity contribution in [2.45, 2.75) is 0 Å². The van der Waals surface area contributed by atoms with Gasteiger partial charge in [-0.1, -0.05) is 34.8 Å². The molecule has 0 amide bonds. The van der Waals surface area contributed by atoms with Crippen LogP contribution >= 0.6 is 34.8 Å². The first-order valence-electron chi connectivity index (χ1n) is 2.51. The second-order valence-corrected chi connectivity index (χ2v) is 2.90. The molecule has 0 saturated carbocycles. The van der Waals surface area contributed by atoms with Gasteiger partial charge >= 0.3 is 0 Å². The van der Waals surface area contributed by atoms with Crippen molar-refractivity contribution < 1.29 is 10.2 Å². The zero-order valence-corrected chi connectivity index (χ0v) is 7.30. The van der Waals surface area contributed by atoms with Gasteiger partial charge in [0.05, 0.1) is 16.1 Å². The average Bonchev–Trinajstić information content (AvgIpc) is 1.97. The summed E-state index contributed by atoms with van der Waals surface area (Å²) in [5.41, 5.74) is 0. The third-order valence-corrected chi connectivity index (χ3v) is 2.27. The highest BCUT2D eigenvalue weighted by Crippen LogP contribution is 2.42. The highest BCUT2D eigenvalue weighted by molar-refractivity contribution is 6.48. The molecule has 1 aromatic carbocycles. The predicted molar refractivity (Wildman–Crippen MR) is 43.6 cm³/mol. The van der Waals surface area contributed by atoms with Gasteiger partial charge in [-0.15, -0.1) is 0 Å². The summed E-state index contributed by atoms with van der Waals surface area (Å²) in [5.74, 6) is -1.02. The summed E-state index contributed by atoms with van der Waals surface area (Å²) in [6.45, 7) is 0. The molecule has 2 N–H and O–H groups in total. The Morgan fingerprint density at radius 3 is 2.09 bits per heavy atom. The van der Waals surface area contributed by atoms with Crippen LogP contribution in [0.4, 0.5) is 0 Å². The molecule has 0 saturated heterocycles. The topological polar surface area (TPSA) is 40.5 Å². The minimum Gasteiger partial charge on any atom is -0.504 e. The van der Waals surface area contributed by atoms with Crippen LogP contribution in [0.25, 0.3) is 0 Å². The largest absolute Gasteiger partial charge is 0.504 e. The second-order valence-electron chi connectivity index (χ2n) is 1.76. The van der Waals surface area contributed by atoms with Gasteiger partial charge in [0, 0.05) is 0 Å². The molecule has 11 heavy (non-hydrogen) atoms. The summed E-state index contributed by atoms with van der Waals surface area (Å²) in [5, 5.41) is 17.6. The molecule has 0 spiro atoms. The summed E-state index contributed by atoms with van der Waals surface area (Å²) in [6, 6.07) is 2.20. The Kier molecular flexibility index (Phi) is 2.37. The maximum Gasteiger partial charge on any atom is 0.178 e. The van der Waals surface area contributed by atoms with E-state index in [1.165, 1.54) is 0 Å². The molecular formula is C6H2Cl3O2. The summed E-state index contributed by atoms with van der Waals surface area (Å²) in [6.07, 6.45) is 0. The van der Waals surface area contributed by atoms with Gasteiger partial charge in [-0.2, -0.15) is 0 Å². The van der Waals surface area contributed by atoms with Crippen LogP contribution in [0.2, 0.25) is 15.1 Å². The van der Waals surface area contributed by atoms with Crippen molar-refractivity contribution in [3.8, 4) is 11.5 Å². The van der Waals surface area contributed by atoms with Crippen molar-refractivity contribution in [1.29, 1.82) is 0 Å². The van der Waals surface area contributed by atoms with Crippen LogP contribution in [0, 0.1) is 6.07 Å². The summed E-state index contributed by atoms with van der Waals surface area (Å²) >= 11 is 16.4. The monoisotopic (exact) mass is 211 g/mol. The zero-order valence-electron chi connectivity index (χ0n) is 5.03. The molecule has 0 aliphatic heterocycles. The van der Waals surface area contributed by atoms with Crippen LogP contribution in [-0.2, 0) is 0 Å². The SMILES string of the molecule is Oc1[c]c(Cl)c(Cl)c(Cl)c1O. The lowest BCUT2D eigenvalue weighted by atomic mass is 10.3. The molecule has 0 unspecified atom stereocenters. The molecule has 59 valence electrons. The fourth-order valence-corrected chi connectivity index (χ4v) is 1.08. The predicted octanol–water partition coefficient (Wildman–Crippen LogP) is 2.86. The molecule has 0 aromatic heterocycles. The summed E-state index contributed by atoms with van der Waals surface area (Å²) in [7, 11) is 0. The number of halogens is 3. The molecule has 0 fully saturated rings. The Labute approximate surface area is 77.9 Å². The first-order chi connectivity index (χ1) is 5.04. The molecule has 2 nitrogen and oxygen atoms in total. The highest BCUT2D eigenvalue weighted by atomic mass is 35.5. The number of rotatable bonds is 0. The molecular weight excluding hydrogens is 210 g/mol. The Balaban J connectivity index is 3.46. The molecule has 5 heteroatoms. The second kappa shape index (κ2) is 2.97. The lowest BCUT2D eigenvalue weighted by Gasteiger charge is -2.02. The van der Waals surface area contributed by atoms with Crippen LogP contribution in [0.5, 0.6) is 11.5 Å². The lowest BCUT2D eigenvalue weighted by molar-refractivity contribution is 0.403. The molecule has 0 aliphatic carbocycles. The van der Waals surface area contributed by atoms with Crippen LogP contribution in [-0.4, -0.2) is 10.2 Å². The van der Waals surface area contributed by atoms with Gasteiger partial charge in [-0.3, -0.25) is 0 Å². The van der Waals surface area contributed by atoms with Gasteiger partial charge in [0.2, 0.25) is 0 Å². The van der Waals surface area contributed by atoms with E-state index in [0.717, 1.165) is 0 Å². The fourth-order valence-electron chi connectivity index (χ4n) is 0.522. The maximum atomic E-state index is 8.96. The summed E-state index contributed by atoms with van der Waals surface area (Å²) in [4.78, 5) is 0. The van der Waals surface area contributed by atoms with E-state index in [1.54, 1.807) is 0 Å². The van der Waals surface area contributed by atoms with Crippen LogP contribution in [0.3, 0.4) is 0 Å². The van der Waals surface area contributed by atoms with E-state index in [-0.39, 0.29) is 15.1 Å². The van der Waals surface area contributed by atoms with Gasteiger partial charge < -0.3 is 10.2 Å². The minimum absolute atomic E-state index is 0.0213. The van der Waals surface area contributed by atoms with Gasteiger partial charge in [0.15, 0.2) is 11.5 Å². The maximum absolute atomic E-state index is 8.96. The van der Waals surface area contributed by atoms with Crippen molar-refractivity contribution in [2.24, 2.45) is 0 Å². The van der Waals surface area contributed by atoms with Crippen LogP contribution in [0.1, 0.15) is 0 Å². The van der Waals surface area contributed by atoms with E-state index in [1.807, 2.05) is 0 Å². The van der Waals surface area contributed by atoms with E-state index in [9.17, 15) is 0 Å².